The number of alkyl halides is 1. The molecule has 0 atom stereocenters. The fourth-order valence-electron chi connectivity index (χ4n) is 2.83. The van der Waals surface area contributed by atoms with Crippen LogP contribution in [0, 0.1) is 5.41 Å². The van der Waals surface area contributed by atoms with Crippen LogP contribution in [0.2, 0.25) is 5.02 Å². The van der Waals surface area contributed by atoms with Crippen molar-refractivity contribution in [3.63, 3.8) is 0 Å². The normalized spacial score (nSPS) is 17.5. The zero-order valence-electron chi connectivity index (χ0n) is 12.3. The van der Waals surface area contributed by atoms with Gasteiger partial charge < -0.3 is 5.32 Å². The quantitative estimate of drug-likeness (QED) is 0.557. The maximum absolute atomic E-state index is 12.4. The first-order chi connectivity index (χ1) is 10.1. The Morgan fingerprint density at radius 3 is 2.71 bits per heavy atom. The molecule has 0 radical (unpaired) electrons. The highest BCUT2D eigenvalue weighted by atomic mass is 79.9. The number of carbonyl (C=O) groups is 1. The van der Waals surface area contributed by atoms with Gasteiger partial charge in [-0.05, 0) is 42.7 Å². The summed E-state index contributed by atoms with van der Waals surface area (Å²) >= 11 is 11.4. The smallest absolute Gasteiger partial charge is 0.252 e. The Hall–Kier alpha value is -0.190. The highest BCUT2D eigenvalue weighted by Crippen LogP contribution is 2.37. The van der Waals surface area contributed by atoms with Crippen molar-refractivity contribution in [2.24, 2.45) is 5.41 Å². The minimum absolute atomic E-state index is 0.0678. The van der Waals surface area contributed by atoms with Gasteiger partial charge in [-0.2, -0.15) is 0 Å². The molecule has 0 heterocycles. The Balaban J connectivity index is 2.04. The summed E-state index contributed by atoms with van der Waals surface area (Å²) in [6.07, 6.45) is 8.17. The minimum atomic E-state index is -0.0678. The van der Waals surface area contributed by atoms with E-state index in [-0.39, 0.29) is 11.3 Å². The molecule has 0 unspecified atom stereocenters. The molecule has 1 aliphatic rings. The number of nitrogens with one attached hydrogen (secondary N) is 1. The van der Waals surface area contributed by atoms with Crippen LogP contribution in [0.25, 0.3) is 0 Å². The second kappa shape index (κ2) is 7.89. The third-order valence-corrected chi connectivity index (χ3v) is 6.48. The monoisotopic (exact) mass is 389 g/mol. The molecule has 1 aromatic rings. The Bertz CT molecular complexity index is 503. The van der Waals surface area contributed by atoms with Crippen molar-refractivity contribution in [2.45, 2.75) is 37.0 Å². The van der Waals surface area contributed by atoms with Crippen molar-refractivity contribution >= 4 is 45.2 Å². The van der Waals surface area contributed by atoms with Crippen LogP contribution in [0.5, 0.6) is 0 Å². The molecule has 1 aromatic carbocycles. The molecule has 1 N–H and O–H groups in total. The Labute approximate surface area is 144 Å². The van der Waals surface area contributed by atoms with Crippen LogP contribution in [0.4, 0.5) is 0 Å². The summed E-state index contributed by atoms with van der Waals surface area (Å²) < 4.78 is 0. The molecule has 0 aromatic heterocycles. The van der Waals surface area contributed by atoms with E-state index in [1.54, 1.807) is 17.8 Å². The third-order valence-electron chi connectivity index (χ3n) is 4.24. The lowest BCUT2D eigenvalue weighted by Crippen LogP contribution is -2.40. The lowest BCUT2D eigenvalue weighted by molar-refractivity contribution is 0.0922. The molecule has 5 heteroatoms. The molecule has 21 heavy (non-hydrogen) atoms. The molecule has 2 rings (SSSR count). The first-order valence-electron chi connectivity index (χ1n) is 7.28. The second-order valence-electron chi connectivity index (χ2n) is 5.72. The van der Waals surface area contributed by atoms with Crippen LogP contribution in [0.1, 0.15) is 42.5 Å². The summed E-state index contributed by atoms with van der Waals surface area (Å²) in [4.78, 5) is 13.5. The Morgan fingerprint density at radius 2 is 2.10 bits per heavy atom. The molecule has 0 bridgehead atoms. The predicted octanol–water partition coefficient (Wildman–Crippen LogP) is 5.14. The maximum Gasteiger partial charge on any atom is 0.252 e. The van der Waals surface area contributed by atoms with Gasteiger partial charge in [0.2, 0.25) is 0 Å². The summed E-state index contributed by atoms with van der Waals surface area (Å²) in [7, 11) is 0. The first kappa shape index (κ1) is 17.2. The minimum Gasteiger partial charge on any atom is -0.351 e. The van der Waals surface area contributed by atoms with E-state index < -0.39 is 0 Å². The molecular weight excluding hydrogens is 370 g/mol. The second-order valence-corrected chi connectivity index (χ2v) is 7.57. The molecule has 1 amide bonds. The van der Waals surface area contributed by atoms with Crippen LogP contribution >= 0.6 is 39.3 Å². The van der Waals surface area contributed by atoms with Gasteiger partial charge >= 0.3 is 0 Å². The number of thioether (sulfide) groups is 1. The number of benzene rings is 1. The van der Waals surface area contributed by atoms with E-state index in [1.807, 2.05) is 18.4 Å². The molecule has 0 spiro atoms. The van der Waals surface area contributed by atoms with Crippen molar-refractivity contribution in [3.05, 3.63) is 28.8 Å². The summed E-state index contributed by atoms with van der Waals surface area (Å²) in [5, 5.41) is 4.55. The van der Waals surface area contributed by atoms with Gasteiger partial charge in [-0.25, -0.2) is 0 Å². The zero-order valence-corrected chi connectivity index (χ0v) is 15.4. The molecule has 0 aliphatic heterocycles. The predicted molar refractivity (Wildman–Crippen MR) is 94.9 cm³/mol. The molecule has 0 saturated heterocycles. The van der Waals surface area contributed by atoms with E-state index in [1.165, 1.54) is 32.1 Å². The van der Waals surface area contributed by atoms with Crippen LogP contribution in [-0.4, -0.2) is 24.0 Å². The summed E-state index contributed by atoms with van der Waals surface area (Å²) in [6.45, 7) is 0.719. The van der Waals surface area contributed by atoms with Gasteiger partial charge in [0, 0.05) is 16.8 Å². The molecule has 1 saturated carbocycles. The number of hydrogen-bond donors (Lipinski definition) is 1. The van der Waals surface area contributed by atoms with Gasteiger partial charge in [0.1, 0.15) is 0 Å². The highest BCUT2D eigenvalue weighted by molar-refractivity contribution is 9.09. The summed E-state index contributed by atoms with van der Waals surface area (Å²) in [5.41, 5.74) is 0.779. The fourth-order valence-corrected chi connectivity index (χ4v) is 4.23. The van der Waals surface area contributed by atoms with Crippen molar-refractivity contribution < 1.29 is 4.79 Å². The third kappa shape index (κ3) is 4.40. The average Bonchev–Trinajstić information content (AvgIpc) is 2.54. The van der Waals surface area contributed by atoms with E-state index in [4.69, 9.17) is 11.6 Å². The molecular formula is C16H21BrClNOS. The summed E-state index contributed by atoms with van der Waals surface area (Å²) in [6, 6.07) is 5.60. The van der Waals surface area contributed by atoms with Gasteiger partial charge in [0.15, 0.2) is 0 Å². The largest absolute Gasteiger partial charge is 0.351 e. The Morgan fingerprint density at radius 1 is 1.38 bits per heavy atom. The number of carbonyl (C=O) groups excluding carboxylic acids is 1. The lowest BCUT2D eigenvalue weighted by atomic mass is 9.75. The van der Waals surface area contributed by atoms with Crippen LogP contribution < -0.4 is 5.32 Å². The Kier molecular flexibility index (Phi) is 6.45. The van der Waals surface area contributed by atoms with Crippen LogP contribution in [-0.2, 0) is 0 Å². The fraction of sp³-hybridized carbons (Fsp3) is 0.562. The average molecular weight is 391 g/mol. The standard InChI is InChI=1S/C16H21BrClNOS/c1-21-12-5-6-14(18)13(9-12)15(20)19-11-16(10-17)7-3-2-4-8-16/h5-6,9H,2-4,7-8,10-11H2,1H3,(H,19,20). The van der Waals surface area contributed by atoms with Crippen molar-refractivity contribution in [1.29, 1.82) is 0 Å². The first-order valence-corrected chi connectivity index (χ1v) is 10.0. The van der Waals surface area contributed by atoms with E-state index in [9.17, 15) is 4.79 Å². The summed E-state index contributed by atoms with van der Waals surface area (Å²) in [5.74, 6) is -0.0678. The van der Waals surface area contributed by atoms with Crippen molar-refractivity contribution in [2.75, 3.05) is 18.1 Å². The maximum atomic E-state index is 12.4. The zero-order chi connectivity index (χ0) is 15.3. The SMILES string of the molecule is CSc1ccc(Cl)c(C(=O)NCC2(CBr)CCCCC2)c1. The van der Waals surface area contributed by atoms with Gasteiger partial charge in [-0.3, -0.25) is 4.79 Å². The van der Waals surface area contributed by atoms with Gasteiger partial charge in [-0.1, -0.05) is 46.8 Å². The molecule has 116 valence electrons. The number of halogens is 2. The number of amides is 1. The van der Waals surface area contributed by atoms with Gasteiger partial charge in [-0.15, -0.1) is 11.8 Å². The molecule has 2 nitrogen and oxygen atoms in total. The van der Waals surface area contributed by atoms with E-state index in [2.05, 4.69) is 21.2 Å². The van der Waals surface area contributed by atoms with Gasteiger partial charge in [0.05, 0.1) is 10.6 Å². The number of hydrogen-bond acceptors (Lipinski definition) is 2. The van der Waals surface area contributed by atoms with E-state index in [0.717, 1.165) is 16.8 Å². The lowest BCUT2D eigenvalue weighted by Gasteiger charge is -2.35. The highest BCUT2D eigenvalue weighted by Gasteiger charge is 2.31. The molecule has 1 fully saturated rings. The van der Waals surface area contributed by atoms with Crippen LogP contribution in [0.3, 0.4) is 0 Å². The van der Waals surface area contributed by atoms with Crippen LogP contribution in [0.15, 0.2) is 23.1 Å². The van der Waals surface area contributed by atoms with E-state index in [0.29, 0.717) is 10.6 Å². The topological polar surface area (TPSA) is 29.1 Å². The van der Waals surface area contributed by atoms with E-state index >= 15 is 0 Å². The van der Waals surface area contributed by atoms with Gasteiger partial charge in [0.25, 0.3) is 5.91 Å². The molecule has 1 aliphatic carbocycles. The van der Waals surface area contributed by atoms with Crippen molar-refractivity contribution in [1.82, 2.24) is 5.32 Å². The number of rotatable bonds is 5. The van der Waals surface area contributed by atoms with Crippen molar-refractivity contribution in [3.8, 4) is 0 Å².